The molecule has 0 radical (unpaired) electrons. The molecule has 0 aliphatic heterocycles. The number of carbonyl (C=O) groups excluding carboxylic acids is 2. The molecule has 10 heteroatoms. The molecule has 0 aromatic heterocycles. The molecule has 1 aromatic carbocycles. The molecule has 35 heavy (non-hydrogen) atoms. The molecule has 0 saturated carbocycles. The average molecular weight is 511 g/mol. The van der Waals surface area contributed by atoms with Gasteiger partial charge in [-0.15, -0.1) is 0 Å². The quantitative estimate of drug-likeness (QED) is 0.0663. The zero-order chi connectivity index (χ0) is 26.1. The SMILES string of the molecule is CCCCCCCCCCCCCOC(=O)CCC(=O)OCCOc1c(F)c(F)c(F)c(F)c1F. The maximum absolute atomic E-state index is 13.5. The van der Waals surface area contributed by atoms with Crippen LogP contribution < -0.4 is 4.74 Å². The van der Waals surface area contributed by atoms with Gasteiger partial charge < -0.3 is 14.2 Å². The van der Waals surface area contributed by atoms with Gasteiger partial charge >= 0.3 is 11.9 Å². The highest BCUT2D eigenvalue weighted by Crippen LogP contribution is 2.29. The van der Waals surface area contributed by atoms with Gasteiger partial charge in [-0.25, -0.2) is 13.2 Å². The van der Waals surface area contributed by atoms with E-state index in [1.165, 1.54) is 51.4 Å². The van der Waals surface area contributed by atoms with Crippen LogP contribution in [0, 0.1) is 29.1 Å². The Morgan fingerprint density at radius 3 is 1.43 bits per heavy atom. The van der Waals surface area contributed by atoms with E-state index >= 15 is 0 Å². The Morgan fingerprint density at radius 1 is 0.543 bits per heavy atom. The van der Waals surface area contributed by atoms with Gasteiger partial charge in [0.2, 0.25) is 29.1 Å². The lowest BCUT2D eigenvalue weighted by Gasteiger charge is -2.10. The van der Waals surface area contributed by atoms with E-state index < -0.39 is 60.0 Å². The van der Waals surface area contributed by atoms with Crippen LogP contribution in [0.4, 0.5) is 22.0 Å². The summed E-state index contributed by atoms with van der Waals surface area (Å²) in [4.78, 5) is 23.3. The van der Waals surface area contributed by atoms with Crippen molar-refractivity contribution in [1.29, 1.82) is 0 Å². The summed E-state index contributed by atoms with van der Waals surface area (Å²) >= 11 is 0. The molecule has 0 aliphatic carbocycles. The van der Waals surface area contributed by atoms with Crippen molar-refractivity contribution >= 4 is 11.9 Å². The number of esters is 2. The smallest absolute Gasteiger partial charge is 0.306 e. The molecule has 0 saturated heterocycles. The number of ether oxygens (including phenoxy) is 3. The van der Waals surface area contributed by atoms with E-state index in [-0.39, 0.29) is 19.4 Å². The van der Waals surface area contributed by atoms with Crippen LogP contribution in [-0.4, -0.2) is 31.8 Å². The lowest BCUT2D eigenvalue weighted by molar-refractivity contribution is -0.150. The fraction of sp³-hybridized carbons (Fsp3) is 0.680. The zero-order valence-electron chi connectivity index (χ0n) is 20.2. The van der Waals surface area contributed by atoms with Gasteiger partial charge in [-0.05, 0) is 6.42 Å². The molecule has 0 spiro atoms. The molecule has 1 rings (SSSR count). The summed E-state index contributed by atoms with van der Waals surface area (Å²) in [5, 5.41) is 0. The van der Waals surface area contributed by atoms with Crippen molar-refractivity contribution in [2.24, 2.45) is 0 Å². The van der Waals surface area contributed by atoms with E-state index in [4.69, 9.17) is 9.47 Å². The maximum Gasteiger partial charge on any atom is 0.306 e. The molecule has 1 aromatic rings. The Balaban J connectivity index is 2.05. The van der Waals surface area contributed by atoms with Crippen LogP contribution in [0.25, 0.3) is 0 Å². The van der Waals surface area contributed by atoms with Crippen LogP contribution in [-0.2, 0) is 19.1 Å². The number of rotatable bonds is 19. The first kappa shape index (κ1) is 30.6. The van der Waals surface area contributed by atoms with Crippen molar-refractivity contribution in [3.8, 4) is 5.75 Å². The Bertz CT molecular complexity index is 759. The summed E-state index contributed by atoms with van der Waals surface area (Å²) in [7, 11) is 0. The highest BCUT2D eigenvalue weighted by molar-refractivity contribution is 5.77. The second-order valence-corrected chi connectivity index (χ2v) is 8.22. The first-order chi connectivity index (χ1) is 16.8. The van der Waals surface area contributed by atoms with Crippen molar-refractivity contribution in [2.45, 2.75) is 90.4 Å². The van der Waals surface area contributed by atoms with Gasteiger partial charge in [0.25, 0.3) is 0 Å². The Labute approximate surface area is 203 Å². The van der Waals surface area contributed by atoms with E-state index in [0.29, 0.717) is 0 Å². The summed E-state index contributed by atoms with van der Waals surface area (Å²) < 4.78 is 80.4. The van der Waals surface area contributed by atoms with E-state index in [2.05, 4.69) is 11.7 Å². The van der Waals surface area contributed by atoms with Crippen LogP contribution in [0.1, 0.15) is 90.4 Å². The van der Waals surface area contributed by atoms with Crippen LogP contribution in [0.3, 0.4) is 0 Å². The highest BCUT2D eigenvalue weighted by atomic mass is 19.2. The standard InChI is InChI=1S/C25H35F5O5/c1-2-3-4-5-6-7-8-9-10-11-12-15-33-18(31)13-14-19(32)34-16-17-35-25-23(29)21(27)20(26)22(28)24(25)30/h2-17H2,1H3. The maximum atomic E-state index is 13.5. The van der Waals surface area contributed by atoms with Gasteiger partial charge in [0.1, 0.15) is 13.2 Å². The zero-order valence-corrected chi connectivity index (χ0v) is 20.2. The van der Waals surface area contributed by atoms with Gasteiger partial charge in [0.15, 0.2) is 5.75 Å². The molecule has 0 fully saturated rings. The van der Waals surface area contributed by atoms with Crippen LogP contribution in [0.15, 0.2) is 0 Å². The van der Waals surface area contributed by atoms with Crippen molar-refractivity contribution < 1.29 is 45.8 Å². The summed E-state index contributed by atoms with van der Waals surface area (Å²) in [5.74, 6) is -13.6. The normalized spacial score (nSPS) is 10.9. The summed E-state index contributed by atoms with van der Waals surface area (Å²) in [5.41, 5.74) is 0. The predicted octanol–water partition coefficient (Wildman–Crippen LogP) is 6.94. The van der Waals surface area contributed by atoms with Gasteiger partial charge in [-0.2, -0.15) is 8.78 Å². The molecule has 0 amide bonds. The molecular formula is C25H35F5O5. The first-order valence-corrected chi connectivity index (χ1v) is 12.2. The number of unbranched alkanes of at least 4 members (excludes halogenated alkanes) is 10. The predicted molar refractivity (Wildman–Crippen MR) is 119 cm³/mol. The van der Waals surface area contributed by atoms with Crippen LogP contribution in [0.2, 0.25) is 0 Å². The fourth-order valence-electron chi connectivity index (χ4n) is 3.31. The number of halogens is 5. The van der Waals surface area contributed by atoms with Gasteiger partial charge in [0, 0.05) is 0 Å². The highest BCUT2D eigenvalue weighted by Gasteiger charge is 2.27. The first-order valence-electron chi connectivity index (χ1n) is 12.2. The summed E-state index contributed by atoms with van der Waals surface area (Å²) in [6.07, 6.45) is 12.5. The van der Waals surface area contributed by atoms with Crippen molar-refractivity contribution in [2.75, 3.05) is 19.8 Å². The van der Waals surface area contributed by atoms with Crippen LogP contribution in [0.5, 0.6) is 5.75 Å². The number of hydrogen-bond acceptors (Lipinski definition) is 5. The number of carbonyl (C=O) groups is 2. The van der Waals surface area contributed by atoms with Crippen molar-refractivity contribution in [1.82, 2.24) is 0 Å². The van der Waals surface area contributed by atoms with Gasteiger partial charge in [0.05, 0.1) is 19.4 Å². The lowest BCUT2D eigenvalue weighted by atomic mass is 10.1. The second-order valence-electron chi connectivity index (χ2n) is 8.22. The topological polar surface area (TPSA) is 61.8 Å². The molecule has 0 bridgehead atoms. The molecule has 0 N–H and O–H groups in total. The monoisotopic (exact) mass is 510 g/mol. The summed E-state index contributed by atoms with van der Waals surface area (Å²) in [6, 6.07) is 0. The van der Waals surface area contributed by atoms with E-state index in [1.807, 2.05) is 0 Å². The van der Waals surface area contributed by atoms with Crippen LogP contribution >= 0.6 is 0 Å². The largest absolute Gasteiger partial charge is 0.484 e. The Kier molecular flexibility index (Phi) is 15.7. The molecule has 0 heterocycles. The summed E-state index contributed by atoms with van der Waals surface area (Å²) in [6.45, 7) is 1.33. The molecule has 200 valence electrons. The molecule has 0 atom stereocenters. The Hall–Kier alpha value is -2.39. The van der Waals surface area contributed by atoms with Gasteiger partial charge in [-0.3, -0.25) is 9.59 Å². The Morgan fingerprint density at radius 2 is 0.943 bits per heavy atom. The minimum atomic E-state index is -2.30. The third kappa shape index (κ3) is 12.2. The average Bonchev–Trinajstić information content (AvgIpc) is 2.85. The minimum absolute atomic E-state index is 0.199. The molecule has 5 nitrogen and oxygen atoms in total. The number of hydrogen-bond donors (Lipinski definition) is 0. The van der Waals surface area contributed by atoms with E-state index in [1.54, 1.807) is 0 Å². The van der Waals surface area contributed by atoms with Crippen molar-refractivity contribution in [3.63, 3.8) is 0 Å². The molecular weight excluding hydrogens is 475 g/mol. The molecule has 0 aliphatic rings. The fourth-order valence-corrected chi connectivity index (χ4v) is 3.31. The van der Waals surface area contributed by atoms with Crippen molar-refractivity contribution in [3.05, 3.63) is 29.1 Å². The van der Waals surface area contributed by atoms with Gasteiger partial charge in [-0.1, -0.05) is 71.1 Å². The molecule has 0 unspecified atom stereocenters. The van der Waals surface area contributed by atoms with E-state index in [9.17, 15) is 31.5 Å². The third-order valence-electron chi connectivity index (χ3n) is 5.31. The lowest BCUT2D eigenvalue weighted by Crippen LogP contribution is -2.16. The number of benzene rings is 1. The second kappa shape index (κ2) is 18.0. The van der Waals surface area contributed by atoms with E-state index in [0.717, 1.165) is 19.3 Å². The minimum Gasteiger partial charge on any atom is -0.484 e. The third-order valence-corrected chi connectivity index (χ3v) is 5.31.